The average molecular weight is 328 g/mol. The van der Waals surface area contributed by atoms with Crippen molar-refractivity contribution in [3.05, 3.63) is 68.4 Å². The Labute approximate surface area is 118 Å². The summed E-state index contributed by atoms with van der Waals surface area (Å²) < 4.78 is 14.1. The van der Waals surface area contributed by atoms with Crippen molar-refractivity contribution in [2.24, 2.45) is 0 Å². The number of aryl methyl sites for hydroxylation is 1. The molecule has 2 rings (SSSR count). The summed E-state index contributed by atoms with van der Waals surface area (Å²) in [5, 5.41) is 0.337. The third kappa shape index (κ3) is 2.47. The van der Waals surface area contributed by atoms with Gasteiger partial charge >= 0.3 is 0 Å². The van der Waals surface area contributed by atoms with Gasteiger partial charge in [-0.1, -0.05) is 29.8 Å². The fourth-order valence-electron chi connectivity index (χ4n) is 1.57. The van der Waals surface area contributed by atoms with E-state index in [0.717, 1.165) is 0 Å². The Balaban J connectivity index is 2.48. The van der Waals surface area contributed by atoms with Crippen molar-refractivity contribution in [1.82, 2.24) is 0 Å². The number of ketones is 1. The first kappa shape index (κ1) is 13.2. The molecule has 2 aromatic carbocycles. The first-order valence-corrected chi connectivity index (χ1v) is 6.42. The van der Waals surface area contributed by atoms with Gasteiger partial charge in [-0.2, -0.15) is 0 Å². The van der Waals surface area contributed by atoms with Crippen LogP contribution >= 0.6 is 27.5 Å². The molecule has 1 nitrogen and oxygen atoms in total. The molecule has 92 valence electrons. The standard InChI is InChI=1S/C14H9BrClFO/c1-8-5-6-9(7-12(8)17)14(18)10-3-2-4-11(15)13(10)16/h2-7H,1H3. The molecule has 0 heterocycles. The van der Waals surface area contributed by atoms with Crippen LogP contribution in [0.25, 0.3) is 0 Å². The van der Waals surface area contributed by atoms with Crippen LogP contribution in [-0.4, -0.2) is 5.78 Å². The first-order valence-electron chi connectivity index (χ1n) is 5.25. The van der Waals surface area contributed by atoms with Crippen LogP contribution < -0.4 is 0 Å². The summed E-state index contributed by atoms with van der Waals surface area (Å²) in [5.74, 6) is -0.688. The van der Waals surface area contributed by atoms with Crippen LogP contribution in [-0.2, 0) is 0 Å². The van der Waals surface area contributed by atoms with Gasteiger partial charge in [0.25, 0.3) is 0 Å². The van der Waals surface area contributed by atoms with E-state index >= 15 is 0 Å². The number of rotatable bonds is 2. The molecule has 0 radical (unpaired) electrons. The molecule has 0 fully saturated rings. The first-order chi connectivity index (χ1) is 8.50. The predicted molar refractivity (Wildman–Crippen MR) is 73.7 cm³/mol. The molecule has 0 unspecified atom stereocenters. The zero-order valence-electron chi connectivity index (χ0n) is 9.51. The van der Waals surface area contributed by atoms with Gasteiger partial charge in [0.15, 0.2) is 5.78 Å². The Morgan fingerprint density at radius 1 is 1.28 bits per heavy atom. The maximum Gasteiger partial charge on any atom is 0.194 e. The minimum absolute atomic E-state index is 0.290. The molecule has 0 aliphatic heterocycles. The highest BCUT2D eigenvalue weighted by Gasteiger charge is 2.15. The van der Waals surface area contributed by atoms with Crippen LogP contribution in [0.15, 0.2) is 40.9 Å². The van der Waals surface area contributed by atoms with E-state index in [1.807, 2.05) is 0 Å². The highest BCUT2D eigenvalue weighted by atomic mass is 79.9. The van der Waals surface area contributed by atoms with Gasteiger partial charge < -0.3 is 0 Å². The fraction of sp³-hybridized carbons (Fsp3) is 0.0714. The van der Waals surface area contributed by atoms with Gasteiger partial charge in [0.05, 0.1) is 5.02 Å². The highest BCUT2D eigenvalue weighted by molar-refractivity contribution is 9.10. The maximum absolute atomic E-state index is 13.4. The number of carbonyl (C=O) groups excluding carboxylic acids is 1. The van der Waals surface area contributed by atoms with Crippen molar-refractivity contribution in [3.8, 4) is 0 Å². The van der Waals surface area contributed by atoms with Crippen molar-refractivity contribution in [3.63, 3.8) is 0 Å². The largest absolute Gasteiger partial charge is 0.289 e. The second-order valence-corrected chi connectivity index (χ2v) is 5.13. The van der Waals surface area contributed by atoms with E-state index in [-0.39, 0.29) is 11.3 Å². The molecule has 0 aromatic heterocycles. The van der Waals surface area contributed by atoms with Crippen LogP contribution in [0.3, 0.4) is 0 Å². The van der Waals surface area contributed by atoms with Crippen LogP contribution in [0.1, 0.15) is 21.5 Å². The summed E-state index contributed by atoms with van der Waals surface area (Å²) in [6, 6.07) is 9.48. The number of halogens is 3. The molecule has 0 saturated heterocycles. The van der Waals surface area contributed by atoms with E-state index in [9.17, 15) is 9.18 Å². The summed E-state index contributed by atoms with van der Waals surface area (Å²) in [4.78, 5) is 12.2. The lowest BCUT2D eigenvalue weighted by atomic mass is 10.0. The minimum atomic E-state index is -0.396. The van der Waals surface area contributed by atoms with Crippen LogP contribution in [0.5, 0.6) is 0 Å². The number of hydrogen-bond donors (Lipinski definition) is 0. The van der Waals surface area contributed by atoms with Crippen LogP contribution in [0.4, 0.5) is 4.39 Å². The topological polar surface area (TPSA) is 17.1 Å². The SMILES string of the molecule is Cc1ccc(C(=O)c2cccc(Br)c2Cl)cc1F. The smallest absolute Gasteiger partial charge is 0.194 e. The van der Waals surface area contributed by atoms with E-state index in [1.54, 1.807) is 37.3 Å². The third-order valence-corrected chi connectivity index (χ3v) is 3.93. The van der Waals surface area contributed by atoms with Crippen molar-refractivity contribution < 1.29 is 9.18 Å². The average Bonchev–Trinajstić information content (AvgIpc) is 2.35. The Morgan fingerprint density at radius 2 is 2.00 bits per heavy atom. The summed E-state index contributed by atoms with van der Waals surface area (Å²) in [7, 11) is 0. The van der Waals surface area contributed by atoms with Gasteiger partial charge in [0, 0.05) is 15.6 Å². The molecule has 0 saturated carbocycles. The minimum Gasteiger partial charge on any atom is -0.289 e. The van der Waals surface area contributed by atoms with Gasteiger partial charge in [0.2, 0.25) is 0 Å². The molecule has 0 amide bonds. The Morgan fingerprint density at radius 3 is 2.67 bits per heavy atom. The van der Waals surface area contributed by atoms with E-state index in [1.165, 1.54) is 6.07 Å². The summed E-state index contributed by atoms with van der Waals surface area (Å²) in [5.41, 5.74) is 1.15. The molecular weight excluding hydrogens is 319 g/mol. The predicted octanol–water partition coefficient (Wildman–Crippen LogP) is 4.78. The summed E-state index contributed by atoms with van der Waals surface area (Å²) in [6.07, 6.45) is 0. The molecule has 0 atom stereocenters. The van der Waals surface area contributed by atoms with Gasteiger partial charge in [0.1, 0.15) is 5.82 Å². The molecule has 0 aliphatic carbocycles. The van der Waals surface area contributed by atoms with Gasteiger partial charge in [-0.15, -0.1) is 0 Å². The van der Waals surface area contributed by atoms with Gasteiger partial charge in [-0.25, -0.2) is 4.39 Å². The number of benzene rings is 2. The van der Waals surface area contributed by atoms with Crippen LogP contribution in [0.2, 0.25) is 5.02 Å². The number of hydrogen-bond acceptors (Lipinski definition) is 1. The molecular formula is C14H9BrClFO. The van der Waals surface area contributed by atoms with Crippen molar-refractivity contribution in [1.29, 1.82) is 0 Å². The lowest BCUT2D eigenvalue weighted by Gasteiger charge is -2.06. The van der Waals surface area contributed by atoms with E-state index < -0.39 is 5.82 Å². The van der Waals surface area contributed by atoms with Crippen molar-refractivity contribution >= 4 is 33.3 Å². The molecule has 0 aliphatic rings. The summed E-state index contributed by atoms with van der Waals surface area (Å²) in [6.45, 7) is 1.65. The van der Waals surface area contributed by atoms with E-state index in [4.69, 9.17) is 11.6 Å². The van der Waals surface area contributed by atoms with Gasteiger partial charge in [-0.05, 0) is 46.6 Å². The Hall–Kier alpha value is -1.19. The Bertz CT molecular complexity index is 625. The molecule has 0 bridgehead atoms. The normalized spacial score (nSPS) is 10.4. The van der Waals surface area contributed by atoms with Crippen molar-refractivity contribution in [2.75, 3.05) is 0 Å². The second-order valence-electron chi connectivity index (χ2n) is 3.89. The van der Waals surface area contributed by atoms with E-state index in [2.05, 4.69) is 15.9 Å². The van der Waals surface area contributed by atoms with Gasteiger partial charge in [-0.3, -0.25) is 4.79 Å². The Kier molecular flexibility index (Phi) is 3.83. The third-order valence-electron chi connectivity index (χ3n) is 2.63. The fourth-order valence-corrected chi connectivity index (χ4v) is 2.15. The van der Waals surface area contributed by atoms with Crippen LogP contribution in [0, 0.1) is 12.7 Å². The monoisotopic (exact) mass is 326 g/mol. The molecule has 4 heteroatoms. The quantitative estimate of drug-likeness (QED) is 0.725. The number of carbonyl (C=O) groups is 1. The molecule has 18 heavy (non-hydrogen) atoms. The maximum atomic E-state index is 13.4. The van der Waals surface area contributed by atoms with E-state index in [0.29, 0.717) is 20.6 Å². The lowest BCUT2D eigenvalue weighted by molar-refractivity contribution is 0.103. The van der Waals surface area contributed by atoms with Crippen molar-refractivity contribution in [2.45, 2.75) is 6.92 Å². The molecule has 0 spiro atoms. The molecule has 2 aromatic rings. The molecule has 0 N–H and O–H groups in total. The second kappa shape index (κ2) is 5.21. The highest BCUT2D eigenvalue weighted by Crippen LogP contribution is 2.28. The zero-order valence-corrected chi connectivity index (χ0v) is 11.8. The summed E-state index contributed by atoms with van der Waals surface area (Å²) >= 11 is 9.30. The zero-order chi connectivity index (χ0) is 13.3. The lowest BCUT2D eigenvalue weighted by Crippen LogP contribution is -2.03.